The Kier molecular flexibility index (Phi) is 4.87. The number of thiophene rings is 1. The largest absolute Gasteiger partial charge is 0.479 e. The molecule has 0 amide bonds. The lowest BCUT2D eigenvalue weighted by Gasteiger charge is -2.15. The number of ether oxygens (including phenoxy) is 1. The molecule has 21 heavy (non-hydrogen) atoms. The molecule has 2 rings (SSSR count). The molecule has 0 aliphatic rings. The second-order valence-corrected chi connectivity index (χ2v) is 7.01. The lowest BCUT2D eigenvalue weighted by atomic mass is 9.95. The van der Waals surface area contributed by atoms with Gasteiger partial charge in [-0.1, -0.05) is 20.8 Å². The van der Waals surface area contributed by atoms with Crippen LogP contribution in [0.15, 0.2) is 36.4 Å². The summed E-state index contributed by atoms with van der Waals surface area (Å²) in [5, 5.41) is 11.9. The molecule has 3 nitrogen and oxygen atoms in total. The average molecular weight is 300 g/mol. The fourth-order valence-corrected chi connectivity index (χ4v) is 2.85. The second-order valence-electron chi connectivity index (χ2n) is 5.84. The van der Waals surface area contributed by atoms with Crippen LogP contribution < -0.4 is 10.1 Å². The molecule has 2 aromatic rings. The summed E-state index contributed by atoms with van der Waals surface area (Å²) in [7, 11) is 0. The highest BCUT2D eigenvalue weighted by Gasteiger charge is 2.15. The number of nitrogens with zero attached hydrogens (tertiary/aromatic N) is 1. The van der Waals surface area contributed by atoms with Gasteiger partial charge in [0.15, 0.2) is 6.61 Å². The molecule has 1 aromatic heterocycles. The zero-order valence-corrected chi connectivity index (χ0v) is 13.5. The van der Waals surface area contributed by atoms with E-state index in [-0.39, 0.29) is 12.0 Å². The number of rotatable bonds is 5. The number of nitrogens with one attached hydrogen (secondary N) is 1. The van der Waals surface area contributed by atoms with E-state index in [1.165, 1.54) is 9.75 Å². The Bertz CT molecular complexity index is 617. The molecule has 1 heterocycles. The Morgan fingerprint density at radius 2 is 1.86 bits per heavy atom. The van der Waals surface area contributed by atoms with Gasteiger partial charge in [-0.15, -0.1) is 11.3 Å². The molecule has 1 aromatic carbocycles. The normalized spacial score (nSPS) is 11.0. The van der Waals surface area contributed by atoms with Gasteiger partial charge in [0, 0.05) is 22.0 Å². The van der Waals surface area contributed by atoms with Crippen molar-refractivity contribution in [2.24, 2.45) is 0 Å². The molecule has 4 heteroatoms. The number of benzene rings is 1. The summed E-state index contributed by atoms with van der Waals surface area (Å²) >= 11 is 1.85. The number of hydrogen-bond acceptors (Lipinski definition) is 4. The first-order valence-electron chi connectivity index (χ1n) is 6.92. The molecule has 110 valence electrons. The summed E-state index contributed by atoms with van der Waals surface area (Å²) in [5.74, 6) is 0.716. The van der Waals surface area contributed by atoms with E-state index in [1.54, 1.807) is 0 Å². The molecule has 0 atom stereocenters. The first kappa shape index (κ1) is 15.4. The Hall–Kier alpha value is -1.99. The highest BCUT2D eigenvalue weighted by atomic mass is 32.1. The van der Waals surface area contributed by atoms with Crippen molar-refractivity contribution in [3.63, 3.8) is 0 Å². The van der Waals surface area contributed by atoms with E-state index in [1.807, 2.05) is 41.7 Å². The Morgan fingerprint density at radius 3 is 2.43 bits per heavy atom. The van der Waals surface area contributed by atoms with Crippen molar-refractivity contribution in [2.45, 2.75) is 32.7 Å². The van der Waals surface area contributed by atoms with E-state index < -0.39 is 0 Å². The molecular formula is C17H20N2OS. The third-order valence-corrected chi connectivity index (χ3v) is 4.54. The van der Waals surface area contributed by atoms with Crippen LogP contribution in [0.25, 0.3) is 0 Å². The van der Waals surface area contributed by atoms with Gasteiger partial charge in [-0.3, -0.25) is 0 Å². The van der Waals surface area contributed by atoms with Crippen molar-refractivity contribution in [2.75, 3.05) is 11.9 Å². The van der Waals surface area contributed by atoms with E-state index >= 15 is 0 Å². The molecule has 0 saturated carbocycles. The van der Waals surface area contributed by atoms with Crippen LogP contribution in [0.4, 0.5) is 5.69 Å². The zero-order chi connectivity index (χ0) is 15.3. The van der Waals surface area contributed by atoms with Gasteiger partial charge in [0.05, 0.1) is 0 Å². The predicted octanol–water partition coefficient (Wildman–Crippen LogP) is 4.56. The van der Waals surface area contributed by atoms with E-state index in [4.69, 9.17) is 10.00 Å². The van der Waals surface area contributed by atoms with Gasteiger partial charge >= 0.3 is 0 Å². The van der Waals surface area contributed by atoms with Gasteiger partial charge < -0.3 is 10.1 Å². The lowest BCUT2D eigenvalue weighted by Crippen LogP contribution is -2.07. The maximum atomic E-state index is 8.47. The van der Waals surface area contributed by atoms with Crippen molar-refractivity contribution in [3.05, 3.63) is 46.2 Å². The van der Waals surface area contributed by atoms with Crippen molar-refractivity contribution in [3.8, 4) is 11.8 Å². The van der Waals surface area contributed by atoms with Crippen LogP contribution in [0.1, 0.15) is 30.5 Å². The summed E-state index contributed by atoms with van der Waals surface area (Å²) in [4.78, 5) is 2.73. The summed E-state index contributed by atoms with van der Waals surface area (Å²) in [5.41, 5.74) is 1.26. The van der Waals surface area contributed by atoms with Crippen LogP contribution in [0.3, 0.4) is 0 Å². The van der Waals surface area contributed by atoms with Crippen LogP contribution in [-0.2, 0) is 12.0 Å². The van der Waals surface area contributed by atoms with E-state index in [0.29, 0.717) is 5.75 Å². The summed E-state index contributed by atoms with van der Waals surface area (Å²) < 4.78 is 5.23. The van der Waals surface area contributed by atoms with Gasteiger partial charge in [-0.25, -0.2) is 0 Å². The summed E-state index contributed by atoms with van der Waals surface area (Å²) in [6.07, 6.45) is 0. The minimum Gasteiger partial charge on any atom is -0.479 e. The van der Waals surface area contributed by atoms with E-state index in [0.717, 1.165) is 12.2 Å². The van der Waals surface area contributed by atoms with Crippen molar-refractivity contribution < 1.29 is 4.74 Å². The van der Waals surface area contributed by atoms with Crippen LogP contribution in [0, 0.1) is 11.3 Å². The van der Waals surface area contributed by atoms with Crippen LogP contribution in [0.5, 0.6) is 5.75 Å². The molecule has 0 aliphatic carbocycles. The van der Waals surface area contributed by atoms with Gasteiger partial charge in [0.2, 0.25) is 0 Å². The van der Waals surface area contributed by atoms with Crippen LogP contribution in [0.2, 0.25) is 0 Å². The van der Waals surface area contributed by atoms with Crippen molar-refractivity contribution >= 4 is 17.0 Å². The molecule has 0 aliphatic heterocycles. The van der Waals surface area contributed by atoms with Crippen molar-refractivity contribution in [1.82, 2.24) is 0 Å². The van der Waals surface area contributed by atoms with Gasteiger partial charge in [-0.05, 0) is 41.8 Å². The third-order valence-electron chi connectivity index (χ3n) is 3.03. The number of nitriles is 1. The monoisotopic (exact) mass is 300 g/mol. The fraction of sp³-hybridized carbons (Fsp3) is 0.353. The Labute approximate surface area is 130 Å². The molecule has 0 bridgehead atoms. The Balaban J connectivity index is 1.91. The second kappa shape index (κ2) is 6.64. The Morgan fingerprint density at radius 1 is 1.14 bits per heavy atom. The van der Waals surface area contributed by atoms with Crippen molar-refractivity contribution in [1.29, 1.82) is 5.26 Å². The molecule has 0 radical (unpaired) electrons. The molecule has 0 unspecified atom stereocenters. The lowest BCUT2D eigenvalue weighted by molar-refractivity contribution is 0.368. The summed E-state index contributed by atoms with van der Waals surface area (Å²) in [6, 6.07) is 14.0. The van der Waals surface area contributed by atoms with Gasteiger partial charge in [-0.2, -0.15) is 5.26 Å². The SMILES string of the molecule is CC(C)(C)c1ccc(CNc2ccc(OCC#N)cc2)s1. The minimum atomic E-state index is 0.0809. The maximum absolute atomic E-state index is 8.47. The van der Waals surface area contributed by atoms with Gasteiger partial charge in [0.1, 0.15) is 11.8 Å². The smallest absolute Gasteiger partial charge is 0.174 e. The topological polar surface area (TPSA) is 45.0 Å². The first-order chi connectivity index (χ1) is 9.99. The minimum absolute atomic E-state index is 0.0809. The van der Waals surface area contributed by atoms with E-state index in [2.05, 4.69) is 38.2 Å². The first-order valence-corrected chi connectivity index (χ1v) is 7.73. The molecule has 1 N–H and O–H groups in total. The summed E-state index contributed by atoms with van der Waals surface area (Å²) in [6.45, 7) is 7.60. The molecule has 0 saturated heterocycles. The zero-order valence-electron chi connectivity index (χ0n) is 12.6. The maximum Gasteiger partial charge on any atom is 0.174 e. The van der Waals surface area contributed by atoms with E-state index in [9.17, 15) is 0 Å². The molecule has 0 spiro atoms. The third kappa shape index (κ3) is 4.51. The average Bonchev–Trinajstić information content (AvgIpc) is 2.93. The standard InChI is InChI=1S/C17H20N2OS/c1-17(2,3)16-9-8-15(21-16)12-19-13-4-6-14(7-5-13)20-11-10-18/h4-9,19H,11-12H2,1-3H3. The quantitative estimate of drug-likeness (QED) is 0.880. The molecule has 0 fully saturated rings. The number of hydrogen-bond donors (Lipinski definition) is 1. The number of anilines is 1. The highest BCUT2D eigenvalue weighted by molar-refractivity contribution is 7.12. The fourth-order valence-electron chi connectivity index (χ4n) is 1.85. The highest BCUT2D eigenvalue weighted by Crippen LogP contribution is 2.29. The predicted molar refractivity (Wildman–Crippen MR) is 87.9 cm³/mol. The van der Waals surface area contributed by atoms with Gasteiger partial charge in [0.25, 0.3) is 0 Å². The van der Waals surface area contributed by atoms with Crippen LogP contribution >= 0.6 is 11.3 Å². The molecular weight excluding hydrogens is 280 g/mol. The van der Waals surface area contributed by atoms with Crippen LogP contribution in [-0.4, -0.2) is 6.61 Å².